The van der Waals surface area contributed by atoms with Gasteiger partial charge < -0.3 is 44.5 Å². The molecule has 2 saturated heterocycles. The molecule has 1 spiro atoms. The lowest BCUT2D eigenvalue weighted by Gasteiger charge is -2.63. The van der Waals surface area contributed by atoms with Crippen molar-refractivity contribution in [2.75, 3.05) is 76.5 Å². The van der Waals surface area contributed by atoms with Crippen LogP contribution in [-0.4, -0.2) is 161 Å². The number of piperidine rings is 1. The predicted octanol–water partition coefficient (Wildman–Crippen LogP) is 3.86. The molecule has 3 fully saturated rings. The Morgan fingerprint density at radius 2 is 1.81 bits per heavy atom. The number of aromatic amines is 1. The molecule has 368 valence electrons. The lowest BCUT2D eigenvalue weighted by Crippen LogP contribution is -2.82. The minimum atomic E-state index is -2.51. The number of hydrogen-bond donors (Lipinski definition) is 7. The third kappa shape index (κ3) is 7.65. The monoisotopic (exact) mass is 976 g/mol. The first-order valence-electron chi connectivity index (χ1n) is 23.7. The SMILES string of the molecule is CC[C@]1(O)CC2CN(CCc3c([nH]c4ccccc34)[C@@](COC=O)(c3cc4c(cc3OC)N(C)[C@H]3C(O)(C(=O)NNC(=O)OCCSSCCC(=O)O)[C@H](O)[C@]5(CC)C=CCN6CC[C@]43[C@@H]65)C2)C1. The van der Waals surface area contributed by atoms with Gasteiger partial charge in [0.2, 0.25) is 0 Å². The molecule has 1 aliphatic carbocycles. The van der Waals surface area contributed by atoms with Gasteiger partial charge in [-0.05, 0) is 74.2 Å². The number of nitrogens with zero attached hydrogens (tertiary/aromatic N) is 3. The number of aliphatic hydroxyl groups excluding tert-OH is 1. The molecule has 6 aliphatic rings. The van der Waals surface area contributed by atoms with Gasteiger partial charge in [0.25, 0.3) is 12.4 Å². The summed E-state index contributed by atoms with van der Waals surface area (Å²) < 4.78 is 17.7. The topological polar surface area (TPSA) is 226 Å². The zero-order valence-electron chi connectivity index (χ0n) is 39.1. The summed E-state index contributed by atoms with van der Waals surface area (Å²) in [5.74, 6) is -0.629. The Balaban J connectivity index is 1.17. The lowest BCUT2D eigenvalue weighted by molar-refractivity contribution is -0.204. The second kappa shape index (κ2) is 18.7. The fourth-order valence-electron chi connectivity index (χ4n) is 13.7. The summed E-state index contributed by atoms with van der Waals surface area (Å²) in [5.41, 5.74) is 3.46. The maximum atomic E-state index is 14.9. The number of para-hydroxylation sites is 1. The minimum absolute atomic E-state index is 0.0123. The number of aromatic nitrogens is 1. The summed E-state index contributed by atoms with van der Waals surface area (Å²) >= 11 is 0. The van der Waals surface area contributed by atoms with Crippen LogP contribution in [0.1, 0.15) is 74.8 Å². The lowest BCUT2D eigenvalue weighted by atomic mass is 9.47. The number of anilines is 1. The van der Waals surface area contributed by atoms with Gasteiger partial charge in [-0.2, -0.15) is 0 Å². The first-order valence-corrected chi connectivity index (χ1v) is 26.2. The van der Waals surface area contributed by atoms with E-state index in [0.717, 1.165) is 46.4 Å². The van der Waals surface area contributed by atoms with Gasteiger partial charge in [-0.1, -0.05) is 65.8 Å². The number of methoxy groups -OCH3 is 1. The van der Waals surface area contributed by atoms with Crippen LogP contribution in [0.4, 0.5) is 10.5 Å². The van der Waals surface area contributed by atoms with Gasteiger partial charge in [0, 0.05) is 95.5 Å². The van der Waals surface area contributed by atoms with E-state index in [1.807, 2.05) is 56.1 Å². The Morgan fingerprint density at radius 3 is 2.56 bits per heavy atom. The molecule has 5 aliphatic heterocycles. The third-order valence-electron chi connectivity index (χ3n) is 16.4. The first-order chi connectivity index (χ1) is 32.7. The van der Waals surface area contributed by atoms with E-state index in [9.17, 15) is 34.5 Å². The summed E-state index contributed by atoms with van der Waals surface area (Å²) in [6.07, 6.45) is 4.60. The quantitative estimate of drug-likeness (QED) is 0.0378. The van der Waals surface area contributed by atoms with Crippen molar-refractivity contribution in [1.29, 1.82) is 0 Å². The molecule has 17 nitrogen and oxygen atoms in total. The number of likely N-dealkylation sites (N-methyl/N-ethyl adjacent to an activating group) is 1. The Labute approximate surface area is 404 Å². The van der Waals surface area contributed by atoms with Gasteiger partial charge in [0.15, 0.2) is 5.60 Å². The van der Waals surface area contributed by atoms with Crippen LogP contribution in [0.15, 0.2) is 48.6 Å². The van der Waals surface area contributed by atoms with E-state index in [0.29, 0.717) is 87.6 Å². The van der Waals surface area contributed by atoms with Gasteiger partial charge in [-0.25, -0.2) is 10.2 Å². The number of H-pyrrole nitrogens is 1. The molecule has 10 atom stereocenters. The van der Waals surface area contributed by atoms with Gasteiger partial charge >= 0.3 is 12.1 Å². The molecule has 9 rings (SSSR count). The van der Waals surface area contributed by atoms with Crippen LogP contribution < -0.4 is 20.5 Å². The zero-order valence-corrected chi connectivity index (χ0v) is 40.8. The van der Waals surface area contributed by atoms with Crippen molar-refractivity contribution in [2.24, 2.45) is 11.3 Å². The van der Waals surface area contributed by atoms with Crippen molar-refractivity contribution in [3.05, 3.63) is 70.9 Å². The molecule has 2 aromatic carbocycles. The number of ether oxygens (including phenoxy) is 3. The summed E-state index contributed by atoms with van der Waals surface area (Å²) in [4.78, 5) is 61.6. The average molecular weight is 977 g/mol. The molecule has 1 saturated carbocycles. The second-order valence-corrected chi connectivity index (χ2v) is 22.4. The van der Waals surface area contributed by atoms with Gasteiger partial charge in [-0.3, -0.25) is 29.6 Å². The van der Waals surface area contributed by atoms with Gasteiger partial charge in [0.1, 0.15) is 25.1 Å². The normalized spacial score (nSPS) is 33.5. The van der Waals surface area contributed by atoms with E-state index < -0.39 is 57.6 Å². The Hall–Kier alpha value is -4.50. The highest BCUT2D eigenvalue weighted by Gasteiger charge is 2.78. The number of aliphatic carboxylic acids is 1. The molecule has 2 amide bonds. The first kappa shape index (κ1) is 48.5. The fraction of sp³-hybridized carbons (Fsp3) is 0.592. The maximum absolute atomic E-state index is 14.9. The van der Waals surface area contributed by atoms with Crippen LogP contribution in [0.25, 0.3) is 10.9 Å². The van der Waals surface area contributed by atoms with Crippen molar-refractivity contribution >= 4 is 62.6 Å². The molecule has 2 bridgehead atoms. The summed E-state index contributed by atoms with van der Waals surface area (Å²) in [7, 11) is 6.13. The van der Waals surface area contributed by atoms with Crippen LogP contribution >= 0.6 is 21.6 Å². The number of nitrogens with one attached hydrogen (secondary N) is 3. The van der Waals surface area contributed by atoms with Crippen molar-refractivity contribution in [2.45, 2.75) is 99.0 Å². The predicted molar refractivity (Wildman–Crippen MR) is 259 cm³/mol. The van der Waals surface area contributed by atoms with E-state index in [-0.39, 0.29) is 31.6 Å². The number of hydrogen-bond acceptors (Lipinski definition) is 15. The average Bonchev–Trinajstić information content (AvgIpc) is 4.00. The van der Waals surface area contributed by atoms with Crippen molar-refractivity contribution < 1.29 is 53.8 Å². The van der Waals surface area contributed by atoms with Crippen molar-refractivity contribution in [3.8, 4) is 5.75 Å². The number of carbonyl (C=O) groups excluding carboxylic acids is 3. The minimum Gasteiger partial charge on any atom is -0.496 e. The van der Waals surface area contributed by atoms with Crippen molar-refractivity contribution in [3.63, 3.8) is 0 Å². The van der Waals surface area contributed by atoms with Crippen LogP contribution in [0.2, 0.25) is 0 Å². The Kier molecular flexibility index (Phi) is 13.3. The Bertz CT molecular complexity index is 2470. The van der Waals surface area contributed by atoms with E-state index in [2.05, 4.69) is 43.8 Å². The van der Waals surface area contributed by atoms with Gasteiger partial charge in [0.05, 0.1) is 30.6 Å². The molecular formula is C49H64N6O11S2. The summed E-state index contributed by atoms with van der Waals surface area (Å²) in [6.45, 7) is 7.67. The number of carbonyl (C=O) groups is 4. The molecule has 3 unspecified atom stereocenters. The number of hydrazine groups is 1. The highest BCUT2D eigenvalue weighted by Crippen LogP contribution is 2.67. The third-order valence-corrected chi connectivity index (χ3v) is 18.7. The maximum Gasteiger partial charge on any atom is 0.426 e. The largest absolute Gasteiger partial charge is 0.496 e. The second-order valence-electron chi connectivity index (χ2n) is 19.7. The van der Waals surface area contributed by atoms with Crippen LogP contribution in [0.3, 0.4) is 0 Å². The number of fused-ring (bicyclic) bond motifs is 6. The van der Waals surface area contributed by atoms with E-state index in [1.54, 1.807) is 7.11 Å². The van der Waals surface area contributed by atoms with E-state index in [4.69, 9.17) is 19.3 Å². The molecule has 3 aromatic rings. The highest BCUT2D eigenvalue weighted by atomic mass is 33.1. The van der Waals surface area contributed by atoms with E-state index >= 15 is 0 Å². The number of carboxylic acid groups (broad SMARTS) is 1. The van der Waals surface area contributed by atoms with Crippen LogP contribution in [-0.2, 0) is 41.1 Å². The Morgan fingerprint density at radius 1 is 1.01 bits per heavy atom. The number of rotatable bonds is 15. The number of amides is 2. The standard InChI is InChI=1S/C49H64N6O11S2/c1-5-45(62)24-30-25-47(28-65-29-56,39-32(12-17-54(26-30)27-45)31-10-7-8-11-35(31)50-39)34-22-33-36(23-37(34)64-4)53(3)41-48(33)15-18-55-16-9-14-46(6-2,40(48)55)42(59)49(41,63)43(60)51-52-44(61)66-19-21-68-67-20-13-38(57)58/h7-11,14,22-23,29-30,40-42,50,59,62-63H,5-6,12-13,15-21,24-28H2,1-4H3,(H,51,60)(H,52,61)(H,57,58)/t30?,40-,41+,42+,45-,46+,47-,48+,49?/m0/s1. The number of carboxylic acids is 1. The van der Waals surface area contributed by atoms with Gasteiger partial charge in [-0.15, -0.1) is 0 Å². The molecule has 7 N–H and O–H groups in total. The van der Waals surface area contributed by atoms with Crippen molar-refractivity contribution in [1.82, 2.24) is 25.6 Å². The zero-order chi connectivity index (χ0) is 48.2. The van der Waals surface area contributed by atoms with Crippen LogP contribution in [0.5, 0.6) is 5.75 Å². The highest BCUT2D eigenvalue weighted by molar-refractivity contribution is 8.76. The number of aliphatic hydroxyl groups is 3. The number of benzene rings is 2. The molecule has 6 heterocycles. The molecule has 19 heteroatoms. The molecule has 1 aromatic heterocycles. The van der Waals surface area contributed by atoms with E-state index in [1.165, 1.54) is 21.6 Å². The molecule has 0 radical (unpaired) electrons. The molecular weight excluding hydrogens is 913 g/mol. The summed E-state index contributed by atoms with van der Waals surface area (Å²) in [6, 6.07) is 10.9. The van der Waals surface area contributed by atoms with Crippen LogP contribution in [0, 0.1) is 11.3 Å². The smallest absolute Gasteiger partial charge is 0.426 e. The fourth-order valence-corrected chi connectivity index (χ4v) is 15.6. The summed E-state index contributed by atoms with van der Waals surface area (Å²) in [5, 5.41) is 48.2. The molecule has 68 heavy (non-hydrogen) atoms.